The Balaban J connectivity index is 2.69. The van der Waals surface area contributed by atoms with Crippen LogP contribution in [0.3, 0.4) is 0 Å². The Labute approximate surface area is 167 Å². The molecule has 0 saturated carbocycles. The first kappa shape index (κ1) is 22.4. The lowest BCUT2D eigenvalue weighted by molar-refractivity contribution is -0.114. The van der Waals surface area contributed by atoms with Gasteiger partial charge in [0, 0.05) is 32.4 Å². The monoisotopic (exact) mass is 442 g/mol. The van der Waals surface area contributed by atoms with Crippen molar-refractivity contribution in [2.75, 3.05) is 24.3 Å². The van der Waals surface area contributed by atoms with Crippen LogP contribution in [0.25, 0.3) is 0 Å². The van der Waals surface area contributed by atoms with Crippen molar-refractivity contribution >= 4 is 48.9 Å². The Bertz CT molecular complexity index is 1120. The van der Waals surface area contributed by atoms with E-state index in [0.717, 1.165) is 24.7 Å². The molecule has 0 aromatic heterocycles. The van der Waals surface area contributed by atoms with E-state index in [4.69, 9.17) is 0 Å². The van der Waals surface area contributed by atoms with Crippen LogP contribution in [0.1, 0.15) is 6.92 Å². The molecule has 29 heavy (non-hydrogen) atoms. The van der Waals surface area contributed by atoms with Gasteiger partial charge in [0.05, 0.1) is 5.69 Å². The van der Waals surface area contributed by atoms with Gasteiger partial charge in [-0.15, -0.1) is 5.11 Å². The van der Waals surface area contributed by atoms with Gasteiger partial charge in [0.1, 0.15) is 15.5 Å². The first-order valence-corrected chi connectivity index (χ1v) is 10.8. The molecule has 0 unspecified atom stereocenters. The zero-order chi connectivity index (χ0) is 22.0. The van der Waals surface area contributed by atoms with E-state index in [-0.39, 0.29) is 11.4 Å². The molecule has 156 valence electrons. The summed E-state index contributed by atoms with van der Waals surface area (Å²) in [7, 11) is -6.32. The molecular formula is C16H18N4O7S2. The number of anilines is 2. The summed E-state index contributed by atoms with van der Waals surface area (Å²) in [5.74, 6) is -0.636. The van der Waals surface area contributed by atoms with Crippen LogP contribution in [0, 0.1) is 0 Å². The minimum Gasteiger partial charge on any atom is -0.378 e. The number of benzene rings is 2. The molecule has 0 aliphatic rings. The number of hydrogen-bond acceptors (Lipinski definition) is 8. The Kier molecular flexibility index (Phi) is 6.37. The maximum Gasteiger partial charge on any atom is 0.296 e. The Morgan fingerprint density at radius 3 is 1.79 bits per heavy atom. The van der Waals surface area contributed by atoms with E-state index >= 15 is 0 Å². The van der Waals surface area contributed by atoms with E-state index in [1.54, 1.807) is 24.3 Å². The zero-order valence-electron chi connectivity index (χ0n) is 15.6. The summed E-state index contributed by atoms with van der Waals surface area (Å²) in [6, 6.07) is 8.09. The van der Waals surface area contributed by atoms with Crippen LogP contribution in [-0.2, 0) is 25.0 Å². The van der Waals surface area contributed by atoms with Crippen LogP contribution >= 0.6 is 0 Å². The molecule has 0 atom stereocenters. The van der Waals surface area contributed by atoms with E-state index < -0.39 is 41.6 Å². The third kappa shape index (κ3) is 5.80. The van der Waals surface area contributed by atoms with Gasteiger partial charge in [-0.1, -0.05) is 0 Å². The van der Waals surface area contributed by atoms with Gasteiger partial charge in [-0.3, -0.25) is 13.9 Å². The minimum absolute atomic E-state index is 0.254. The second kappa shape index (κ2) is 8.24. The molecule has 2 rings (SSSR count). The molecule has 0 aliphatic heterocycles. The molecule has 13 heteroatoms. The minimum atomic E-state index is -4.98. The van der Waals surface area contributed by atoms with Gasteiger partial charge in [0.15, 0.2) is 0 Å². The molecule has 2 aromatic carbocycles. The number of carbonyl (C=O) groups excluding carboxylic acids is 1. The molecular weight excluding hydrogens is 424 g/mol. The largest absolute Gasteiger partial charge is 0.378 e. The van der Waals surface area contributed by atoms with Crippen molar-refractivity contribution in [1.82, 2.24) is 0 Å². The molecule has 0 spiro atoms. The third-order valence-corrected chi connectivity index (χ3v) is 5.28. The third-order valence-electron chi connectivity index (χ3n) is 3.55. The van der Waals surface area contributed by atoms with Crippen LogP contribution < -0.4 is 10.2 Å². The summed E-state index contributed by atoms with van der Waals surface area (Å²) in [6.45, 7) is 1.10. The molecule has 0 bridgehead atoms. The quantitative estimate of drug-likeness (QED) is 0.453. The Hall–Kier alpha value is -2.87. The smallest absolute Gasteiger partial charge is 0.296 e. The van der Waals surface area contributed by atoms with Crippen LogP contribution in [0.2, 0.25) is 0 Å². The second-order valence-electron chi connectivity index (χ2n) is 6.06. The fourth-order valence-corrected chi connectivity index (χ4v) is 3.68. The highest BCUT2D eigenvalue weighted by atomic mass is 32.2. The van der Waals surface area contributed by atoms with Crippen molar-refractivity contribution in [3.63, 3.8) is 0 Å². The average Bonchev–Trinajstić information content (AvgIpc) is 2.58. The lowest BCUT2D eigenvalue weighted by atomic mass is 10.2. The number of azo groups is 1. The highest BCUT2D eigenvalue weighted by Crippen LogP contribution is 2.36. The van der Waals surface area contributed by atoms with E-state index in [1.165, 1.54) is 0 Å². The fourth-order valence-electron chi connectivity index (χ4n) is 2.27. The topological polar surface area (TPSA) is 166 Å². The highest BCUT2D eigenvalue weighted by molar-refractivity contribution is 7.87. The van der Waals surface area contributed by atoms with Crippen molar-refractivity contribution in [2.45, 2.75) is 16.7 Å². The van der Waals surface area contributed by atoms with Gasteiger partial charge in [-0.2, -0.15) is 21.9 Å². The van der Waals surface area contributed by atoms with Crippen LogP contribution in [0.15, 0.2) is 56.4 Å². The molecule has 0 fully saturated rings. The van der Waals surface area contributed by atoms with E-state index in [1.807, 2.05) is 19.0 Å². The van der Waals surface area contributed by atoms with Crippen LogP contribution in [0.5, 0.6) is 0 Å². The molecule has 0 heterocycles. The first-order chi connectivity index (χ1) is 13.3. The van der Waals surface area contributed by atoms with E-state index in [9.17, 15) is 30.7 Å². The van der Waals surface area contributed by atoms with Gasteiger partial charge >= 0.3 is 0 Å². The first-order valence-electron chi connectivity index (χ1n) is 7.89. The van der Waals surface area contributed by atoms with Crippen LogP contribution in [0.4, 0.5) is 22.7 Å². The summed E-state index contributed by atoms with van der Waals surface area (Å²) in [5, 5.41) is 9.59. The number of nitrogens with one attached hydrogen (secondary N) is 1. The molecule has 2 aromatic rings. The molecule has 0 radical (unpaired) electrons. The fraction of sp³-hybridized carbons (Fsp3) is 0.188. The molecule has 3 N–H and O–H groups in total. The summed E-state index contributed by atoms with van der Waals surface area (Å²) in [4.78, 5) is 11.1. The van der Waals surface area contributed by atoms with E-state index in [0.29, 0.717) is 0 Å². The van der Waals surface area contributed by atoms with Gasteiger partial charge < -0.3 is 10.2 Å². The highest BCUT2D eigenvalue weighted by Gasteiger charge is 2.27. The Morgan fingerprint density at radius 1 is 0.931 bits per heavy atom. The Morgan fingerprint density at radius 2 is 1.41 bits per heavy atom. The lowest BCUT2D eigenvalue weighted by Crippen LogP contribution is -2.10. The second-order valence-corrected chi connectivity index (χ2v) is 8.84. The number of nitrogens with zero attached hydrogens (tertiary/aromatic N) is 3. The predicted octanol–water partition coefficient (Wildman–Crippen LogP) is 2.62. The summed E-state index contributed by atoms with van der Waals surface area (Å²) >= 11 is 0. The summed E-state index contributed by atoms with van der Waals surface area (Å²) < 4.78 is 66.0. The molecule has 11 nitrogen and oxygen atoms in total. The van der Waals surface area contributed by atoms with Crippen molar-refractivity contribution in [2.24, 2.45) is 10.2 Å². The van der Waals surface area contributed by atoms with Gasteiger partial charge in [-0.25, -0.2) is 0 Å². The summed E-state index contributed by atoms with van der Waals surface area (Å²) in [6.07, 6.45) is 0. The lowest BCUT2D eigenvalue weighted by Gasteiger charge is -2.12. The number of amides is 1. The van der Waals surface area contributed by atoms with Crippen molar-refractivity contribution in [1.29, 1.82) is 0 Å². The standard InChI is InChI=1S/C16H18N4O7S2/c1-10(21)17-12-8-14(28(22,23)24)16(15(9-12)29(25,26)27)19-18-11-4-6-13(7-5-11)20(2)3/h4-9H,1-3H3,(H,17,21)(H,22,23,24)(H,25,26,27)/b19-18+. The zero-order valence-corrected chi connectivity index (χ0v) is 17.2. The van der Waals surface area contributed by atoms with Crippen molar-refractivity contribution in [3.8, 4) is 0 Å². The van der Waals surface area contributed by atoms with Crippen LogP contribution in [-0.4, -0.2) is 45.9 Å². The maximum atomic E-state index is 11.8. The molecule has 1 amide bonds. The molecule has 0 saturated heterocycles. The van der Waals surface area contributed by atoms with Gasteiger partial charge in [0.25, 0.3) is 20.2 Å². The van der Waals surface area contributed by atoms with Gasteiger partial charge in [-0.05, 0) is 36.4 Å². The summed E-state index contributed by atoms with van der Waals surface area (Å²) in [5.41, 5.74) is 0.0118. The maximum absolute atomic E-state index is 11.8. The number of carbonyl (C=O) groups is 1. The normalized spacial score (nSPS) is 12.2. The van der Waals surface area contributed by atoms with Gasteiger partial charge in [0.2, 0.25) is 5.91 Å². The van der Waals surface area contributed by atoms with Crippen molar-refractivity contribution in [3.05, 3.63) is 36.4 Å². The average molecular weight is 442 g/mol. The number of rotatable bonds is 6. The van der Waals surface area contributed by atoms with E-state index in [2.05, 4.69) is 15.5 Å². The van der Waals surface area contributed by atoms with Crippen molar-refractivity contribution < 1.29 is 30.7 Å². The SMILES string of the molecule is CC(=O)Nc1cc(S(=O)(=O)O)c(/N=N/c2ccc(N(C)C)cc2)c(S(=O)(=O)O)c1. The molecule has 0 aliphatic carbocycles. The predicted molar refractivity (Wildman–Crippen MR) is 105 cm³/mol. The number of hydrogen-bond donors (Lipinski definition) is 3.